The summed E-state index contributed by atoms with van der Waals surface area (Å²) in [6.07, 6.45) is 4.81. The smallest absolute Gasteiger partial charge is 0.254 e. The molecule has 0 aliphatic carbocycles. The van der Waals surface area contributed by atoms with Crippen LogP contribution in [-0.2, 0) is 6.54 Å². The van der Waals surface area contributed by atoms with Crippen LogP contribution in [0.2, 0.25) is 5.02 Å². The highest BCUT2D eigenvalue weighted by atomic mass is 35.5. The zero-order valence-electron chi connectivity index (χ0n) is 14.0. The lowest BCUT2D eigenvalue weighted by molar-refractivity contribution is 0.0642. The highest BCUT2D eigenvalue weighted by molar-refractivity contribution is 6.30. The highest BCUT2D eigenvalue weighted by Gasteiger charge is 2.26. The maximum atomic E-state index is 13.1. The van der Waals surface area contributed by atoms with E-state index in [0.29, 0.717) is 17.1 Å². The van der Waals surface area contributed by atoms with Crippen molar-refractivity contribution in [2.24, 2.45) is 0 Å². The van der Waals surface area contributed by atoms with E-state index in [1.54, 1.807) is 18.3 Å². The maximum absolute atomic E-state index is 13.1. The second kappa shape index (κ2) is 9.76. The summed E-state index contributed by atoms with van der Waals surface area (Å²) in [6, 6.07) is 13.2. The minimum Gasteiger partial charge on any atom is -0.330 e. The highest BCUT2D eigenvalue weighted by Crippen LogP contribution is 2.21. The van der Waals surface area contributed by atoms with E-state index in [1.165, 1.54) is 0 Å². The molecule has 134 valence electrons. The van der Waals surface area contributed by atoms with Crippen LogP contribution in [0, 0.1) is 0 Å². The molecular formula is C19H23Cl2N3O. The van der Waals surface area contributed by atoms with Crippen molar-refractivity contribution in [2.75, 3.05) is 13.1 Å². The van der Waals surface area contributed by atoms with Crippen LogP contribution in [0.25, 0.3) is 0 Å². The molecule has 0 spiro atoms. The van der Waals surface area contributed by atoms with Gasteiger partial charge in [0.25, 0.3) is 5.91 Å². The predicted octanol–water partition coefficient (Wildman–Crippen LogP) is 3.94. The molecule has 1 amide bonds. The quantitative estimate of drug-likeness (QED) is 0.874. The first-order chi connectivity index (χ1) is 11.7. The second-order valence-corrected chi connectivity index (χ2v) is 6.54. The third-order valence-electron chi connectivity index (χ3n) is 4.38. The van der Waals surface area contributed by atoms with Crippen molar-refractivity contribution in [2.45, 2.75) is 31.8 Å². The van der Waals surface area contributed by atoms with Crippen molar-refractivity contribution in [3.63, 3.8) is 0 Å². The van der Waals surface area contributed by atoms with Gasteiger partial charge >= 0.3 is 0 Å². The van der Waals surface area contributed by atoms with Crippen molar-refractivity contribution >= 4 is 29.9 Å². The van der Waals surface area contributed by atoms with Crippen molar-refractivity contribution in [3.05, 3.63) is 64.9 Å². The zero-order valence-corrected chi connectivity index (χ0v) is 15.6. The summed E-state index contributed by atoms with van der Waals surface area (Å²) in [6.45, 7) is 2.47. The molecule has 25 heavy (non-hydrogen) atoms. The molecule has 1 unspecified atom stereocenters. The summed E-state index contributed by atoms with van der Waals surface area (Å²) < 4.78 is 0. The molecule has 4 nitrogen and oxygen atoms in total. The van der Waals surface area contributed by atoms with Gasteiger partial charge in [0.2, 0.25) is 0 Å². The van der Waals surface area contributed by atoms with Crippen molar-refractivity contribution in [3.8, 4) is 0 Å². The van der Waals surface area contributed by atoms with Gasteiger partial charge in [-0.25, -0.2) is 0 Å². The molecule has 1 aromatic carbocycles. The molecule has 2 aromatic rings. The molecule has 0 saturated carbocycles. The summed E-state index contributed by atoms with van der Waals surface area (Å²) >= 11 is 6.07. The Morgan fingerprint density at radius 3 is 2.84 bits per heavy atom. The number of amides is 1. The van der Waals surface area contributed by atoms with Crippen LogP contribution in [0.3, 0.4) is 0 Å². The Bertz CT molecular complexity index is 673. The topological polar surface area (TPSA) is 45.2 Å². The minimum absolute atomic E-state index is 0. The molecule has 0 bridgehead atoms. The van der Waals surface area contributed by atoms with Gasteiger partial charge in [-0.2, -0.15) is 0 Å². The number of nitrogens with one attached hydrogen (secondary N) is 1. The van der Waals surface area contributed by atoms with E-state index in [0.717, 1.165) is 38.0 Å². The van der Waals surface area contributed by atoms with Gasteiger partial charge in [-0.1, -0.05) is 23.7 Å². The van der Waals surface area contributed by atoms with Crippen molar-refractivity contribution in [1.82, 2.24) is 15.2 Å². The van der Waals surface area contributed by atoms with Crippen LogP contribution in [0.5, 0.6) is 0 Å². The first-order valence-electron chi connectivity index (χ1n) is 8.41. The fourth-order valence-corrected chi connectivity index (χ4v) is 3.32. The first kappa shape index (κ1) is 19.7. The molecular weight excluding hydrogens is 357 g/mol. The van der Waals surface area contributed by atoms with Crippen LogP contribution in [0.1, 0.15) is 35.3 Å². The number of hydrogen-bond acceptors (Lipinski definition) is 3. The third kappa shape index (κ3) is 5.43. The Morgan fingerprint density at radius 2 is 2.08 bits per heavy atom. The lowest BCUT2D eigenvalue weighted by atomic mass is 10.0. The van der Waals surface area contributed by atoms with Crippen LogP contribution in [0.4, 0.5) is 0 Å². The Hall–Kier alpha value is -1.62. The molecule has 3 rings (SSSR count). The monoisotopic (exact) mass is 379 g/mol. The van der Waals surface area contributed by atoms with Crippen LogP contribution < -0.4 is 5.32 Å². The lowest BCUT2D eigenvalue weighted by Crippen LogP contribution is -2.40. The summed E-state index contributed by atoms with van der Waals surface area (Å²) in [5.74, 6) is 0.0232. The van der Waals surface area contributed by atoms with Crippen molar-refractivity contribution < 1.29 is 4.79 Å². The average Bonchev–Trinajstić information content (AvgIpc) is 2.89. The third-order valence-corrected chi connectivity index (χ3v) is 4.61. The van der Waals surface area contributed by atoms with Gasteiger partial charge in [-0.05, 0) is 62.7 Å². The van der Waals surface area contributed by atoms with Gasteiger partial charge in [0.15, 0.2) is 0 Å². The van der Waals surface area contributed by atoms with E-state index < -0.39 is 0 Å². The van der Waals surface area contributed by atoms with E-state index in [-0.39, 0.29) is 24.4 Å². The molecule has 1 atom stereocenters. The zero-order chi connectivity index (χ0) is 16.8. The molecule has 1 saturated heterocycles. The fourth-order valence-electron chi connectivity index (χ4n) is 3.13. The van der Waals surface area contributed by atoms with E-state index in [2.05, 4.69) is 10.3 Å². The molecule has 1 aliphatic rings. The Kier molecular flexibility index (Phi) is 7.69. The largest absolute Gasteiger partial charge is 0.330 e. The van der Waals surface area contributed by atoms with Gasteiger partial charge in [0, 0.05) is 22.8 Å². The number of aromatic nitrogens is 1. The normalized spacial score (nSPS) is 17.2. The van der Waals surface area contributed by atoms with E-state index in [1.807, 2.05) is 35.2 Å². The molecule has 2 heterocycles. The molecule has 1 aliphatic heterocycles. The van der Waals surface area contributed by atoms with Gasteiger partial charge in [-0.3, -0.25) is 9.78 Å². The molecule has 6 heteroatoms. The number of halogens is 2. The number of carbonyl (C=O) groups excluding carboxylic acids is 1. The fraction of sp³-hybridized carbons (Fsp3) is 0.368. The summed E-state index contributed by atoms with van der Waals surface area (Å²) in [7, 11) is 0. The first-order valence-corrected chi connectivity index (χ1v) is 8.79. The van der Waals surface area contributed by atoms with E-state index in [4.69, 9.17) is 11.6 Å². The van der Waals surface area contributed by atoms with Crippen LogP contribution >= 0.6 is 24.0 Å². The number of pyridine rings is 1. The van der Waals surface area contributed by atoms with Gasteiger partial charge < -0.3 is 10.2 Å². The number of benzene rings is 1. The van der Waals surface area contributed by atoms with Gasteiger partial charge in [0.1, 0.15) is 0 Å². The Morgan fingerprint density at radius 1 is 1.20 bits per heavy atom. The van der Waals surface area contributed by atoms with Crippen molar-refractivity contribution in [1.29, 1.82) is 0 Å². The SMILES string of the molecule is Cl.O=C(c1cccc(Cl)c1)N(Cc1ccccn1)C1CCCNCC1. The van der Waals surface area contributed by atoms with E-state index >= 15 is 0 Å². The maximum Gasteiger partial charge on any atom is 0.254 e. The van der Waals surface area contributed by atoms with Crippen LogP contribution in [0.15, 0.2) is 48.7 Å². The molecule has 1 fully saturated rings. The number of hydrogen-bond donors (Lipinski definition) is 1. The second-order valence-electron chi connectivity index (χ2n) is 6.10. The molecule has 0 radical (unpaired) electrons. The van der Waals surface area contributed by atoms with Gasteiger partial charge in [0.05, 0.1) is 12.2 Å². The summed E-state index contributed by atoms with van der Waals surface area (Å²) in [5, 5.41) is 3.99. The number of rotatable bonds is 4. The minimum atomic E-state index is 0. The van der Waals surface area contributed by atoms with Crippen LogP contribution in [-0.4, -0.2) is 34.9 Å². The number of nitrogens with zero attached hydrogens (tertiary/aromatic N) is 2. The Balaban J connectivity index is 0.00000225. The number of carbonyl (C=O) groups is 1. The standard InChI is InChI=1S/C19H22ClN3O.ClH/c20-16-6-3-5-15(13-16)19(24)23(14-17-7-1-2-11-22-17)18-8-4-10-21-12-9-18;/h1-3,5-7,11,13,18,21H,4,8-10,12,14H2;1H. The molecule has 1 aromatic heterocycles. The molecule has 1 N–H and O–H groups in total. The Labute approximate surface area is 160 Å². The summed E-state index contributed by atoms with van der Waals surface area (Å²) in [5.41, 5.74) is 1.54. The lowest BCUT2D eigenvalue weighted by Gasteiger charge is -2.31. The van der Waals surface area contributed by atoms with Gasteiger partial charge in [-0.15, -0.1) is 12.4 Å². The summed E-state index contributed by atoms with van der Waals surface area (Å²) in [4.78, 5) is 19.5. The average molecular weight is 380 g/mol. The van der Waals surface area contributed by atoms with E-state index in [9.17, 15) is 4.79 Å². The predicted molar refractivity (Wildman–Crippen MR) is 103 cm³/mol.